The Morgan fingerprint density at radius 2 is 2.00 bits per heavy atom. The maximum Gasteiger partial charge on any atom is 0.0488 e. The molecule has 2 atom stereocenters. The molecule has 2 unspecified atom stereocenters. The molecule has 3 N–H and O–H groups in total. The number of nitrogens with one attached hydrogen (secondary N) is 1. The highest BCUT2D eigenvalue weighted by molar-refractivity contribution is 5.35. The summed E-state index contributed by atoms with van der Waals surface area (Å²) in [6, 6.07) is 6.67. The molecule has 1 aromatic carbocycles. The molecule has 0 aliphatic rings. The van der Waals surface area contributed by atoms with Gasteiger partial charge in [0.05, 0.1) is 0 Å². The quantitative estimate of drug-likeness (QED) is 0.587. The van der Waals surface area contributed by atoms with E-state index in [0.29, 0.717) is 5.92 Å². The van der Waals surface area contributed by atoms with E-state index in [9.17, 15) is 0 Å². The van der Waals surface area contributed by atoms with Gasteiger partial charge in [-0.05, 0) is 36.5 Å². The van der Waals surface area contributed by atoms with Crippen LogP contribution in [0.4, 0.5) is 0 Å². The molecule has 84 valence electrons. The Morgan fingerprint density at radius 1 is 1.33 bits per heavy atom. The van der Waals surface area contributed by atoms with Gasteiger partial charge in [-0.25, -0.2) is 0 Å². The van der Waals surface area contributed by atoms with Gasteiger partial charge in [0.25, 0.3) is 0 Å². The third-order valence-electron chi connectivity index (χ3n) is 3.37. The van der Waals surface area contributed by atoms with Crippen molar-refractivity contribution in [3.8, 4) is 0 Å². The molecule has 0 radical (unpaired) electrons. The molecule has 0 fully saturated rings. The van der Waals surface area contributed by atoms with Crippen LogP contribution in [0.3, 0.4) is 0 Å². The first kappa shape index (κ1) is 12.2. The van der Waals surface area contributed by atoms with Crippen molar-refractivity contribution >= 4 is 0 Å². The fraction of sp³-hybridized carbons (Fsp3) is 0.538. The van der Waals surface area contributed by atoms with E-state index in [1.54, 1.807) is 0 Å². The molecule has 0 spiro atoms. The normalized spacial score (nSPS) is 15.0. The van der Waals surface area contributed by atoms with Crippen LogP contribution in [0.1, 0.15) is 43.0 Å². The zero-order valence-corrected chi connectivity index (χ0v) is 10.2. The van der Waals surface area contributed by atoms with Crippen molar-refractivity contribution in [3.63, 3.8) is 0 Å². The van der Waals surface area contributed by atoms with Gasteiger partial charge in [-0.3, -0.25) is 11.3 Å². The molecule has 0 aliphatic heterocycles. The smallest absolute Gasteiger partial charge is 0.0488 e. The fourth-order valence-corrected chi connectivity index (χ4v) is 1.91. The molecule has 15 heavy (non-hydrogen) atoms. The van der Waals surface area contributed by atoms with Crippen LogP contribution < -0.4 is 11.3 Å². The Bertz CT molecular complexity index is 320. The number of rotatable bonds is 4. The van der Waals surface area contributed by atoms with E-state index in [2.05, 4.69) is 51.3 Å². The summed E-state index contributed by atoms with van der Waals surface area (Å²) in [4.78, 5) is 0. The Hall–Kier alpha value is -0.860. The van der Waals surface area contributed by atoms with Crippen molar-refractivity contribution in [2.75, 3.05) is 0 Å². The Balaban J connectivity index is 3.07. The molecule has 1 aromatic rings. The van der Waals surface area contributed by atoms with Crippen LogP contribution >= 0.6 is 0 Å². The molecule has 0 heterocycles. The van der Waals surface area contributed by atoms with E-state index in [1.165, 1.54) is 16.7 Å². The highest BCUT2D eigenvalue weighted by Crippen LogP contribution is 2.27. The summed E-state index contributed by atoms with van der Waals surface area (Å²) in [6.07, 6.45) is 1.13. The Labute approximate surface area is 92.8 Å². The minimum absolute atomic E-state index is 0.259. The van der Waals surface area contributed by atoms with Crippen LogP contribution in [0.25, 0.3) is 0 Å². The molecule has 0 amide bonds. The average Bonchev–Trinajstić information content (AvgIpc) is 2.24. The van der Waals surface area contributed by atoms with Gasteiger partial charge in [-0.2, -0.15) is 0 Å². The SMILES string of the molecule is CCC(C)C(NN)c1cccc(C)c1C. The first-order chi connectivity index (χ1) is 7.11. The summed E-state index contributed by atoms with van der Waals surface area (Å²) >= 11 is 0. The molecule has 2 nitrogen and oxygen atoms in total. The lowest BCUT2D eigenvalue weighted by atomic mass is 9.89. The first-order valence-corrected chi connectivity index (χ1v) is 5.64. The van der Waals surface area contributed by atoms with Crippen molar-refractivity contribution in [2.24, 2.45) is 11.8 Å². The second-order valence-electron chi connectivity index (χ2n) is 4.32. The van der Waals surface area contributed by atoms with Gasteiger partial charge in [0.1, 0.15) is 0 Å². The number of hydrazine groups is 1. The minimum atomic E-state index is 0.259. The van der Waals surface area contributed by atoms with Gasteiger partial charge in [0.2, 0.25) is 0 Å². The van der Waals surface area contributed by atoms with Gasteiger partial charge in [0, 0.05) is 6.04 Å². The summed E-state index contributed by atoms with van der Waals surface area (Å²) in [5.74, 6) is 6.20. The van der Waals surface area contributed by atoms with Gasteiger partial charge < -0.3 is 0 Å². The Kier molecular flexibility index (Phi) is 4.30. The maximum atomic E-state index is 5.65. The predicted octanol–water partition coefficient (Wildman–Crippen LogP) is 2.85. The lowest BCUT2D eigenvalue weighted by molar-refractivity contribution is 0.381. The summed E-state index contributed by atoms with van der Waals surface area (Å²) in [7, 11) is 0. The predicted molar refractivity (Wildman–Crippen MR) is 65.4 cm³/mol. The highest BCUT2D eigenvalue weighted by Gasteiger charge is 2.18. The van der Waals surface area contributed by atoms with Crippen molar-refractivity contribution in [1.29, 1.82) is 0 Å². The van der Waals surface area contributed by atoms with Crippen LogP contribution in [0.5, 0.6) is 0 Å². The molecule has 0 aromatic heterocycles. The zero-order chi connectivity index (χ0) is 11.4. The van der Waals surface area contributed by atoms with Crippen LogP contribution in [0.2, 0.25) is 0 Å². The number of benzene rings is 1. The van der Waals surface area contributed by atoms with Gasteiger partial charge in [0.15, 0.2) is 0 Å². The summed E-state index contributed by atoms with van der Waals surface area (Å²) in [5, 5.41) is 0. The standard InChI is InChI=1S/C13H22N2/c1-5-9(2)13(15-14)12-8-6-7-10(3)11(12)4/h6-9,13,15H,5,14H2,1-4H3. The summed E-state index contributed by atoms with van der Waals surface area (Å²) < 4.78 is 0. The van der Waals surface area contributed by atoms with Crippen molar-refractivity contribution in [1.82, 2.24) is 5.43 Å². The highest BCUT2D eigenvalue weighted by atomic mass is 15.2. The molecule has 1 rings (SSSR count). The summed E-state index contributed by atoms with van der Waals surface area (Å²) in [6.45, 7) is 8.73. The average molecular weight is 206 g/mol. The van der Waals surface area contributed by atoms with Crippen molar-refractivity contribution in [2.45, 2.75) is 40.2 Å². The van der Waals surface area contributed by atoms with Crippen LogP contribution in [-0.4, -0.2) is 0 Å². The molecule has 2 heteroatoms. The Morgan fingerprint density at radius 3 is 2.53 bits per heavy atom. The third-order valence-corrected chi connectivity index (χ3v) is 3.37. The molecule has 0 saturated heterocycles. The number of hydrogen-bond donors (Lipinski definition) is 2. The third kappa shape index (κ3) is 2.58. The minimum Gasteiger partial charge on any atom is -0.271 e. The van der Waals surface area contributed by atoms with Crippen LogP contribution in [0.15, 0.2) is 18.2 Å². The van der Waals surface area contributed by atoms with Gasteiger partial charge in [-0.1, -0.05) is 38.5 Å². The monoisotopic (exact) mass is 206 g/mol. The number of hydrogen-bond acceptors (Lipinski definition) is 2. The van der Waals surface area contributed by atoms with E-state index in [1.807, 2.05) is 0 Å². The van der Waals surface area contributed by atoms with E-state index >= 15 is 0 Å². The largest absolute Gasteiger partial charge is 0.271 e. The van der Waals surface area contributed by atoms with Crippen LogP contribution in [-0.2, 0) is 0 Å². The first-order valence-electron chi connectivity index (χ1n) is 5.64. The van der Waals surface area contributed by atoms with E-state index in [4.69, 9.17) is 5.84 Å². The summed E-state index contributed by atoms with van der Waals surface area (Å²) in [5.41, 5.74) is 6.94. The lowest BCUT2D eigenvalue weighted by Gasteiger charge is -2.24. The second-order valence-corrected chi connectivity index (χ2v) is 4.32. The molecule has 0 aliphatic carbocycles. The van der Waals surface area contributed by atoms with Gasteiger partial charge >= 0.3 is 0 Å². The van der Waals surface area contributed by atoms with Crippen LogP contribution in [0, 0.1) is 19.8 Å². The molecular weight excluding hydrogens is 184 g/mol. The topological polar surface area (TPSA) is 38.0 Å². The molecular formula is C13H22N2. The number of aryl methyl sites for hydroxylation is 1. The van der Waals surface area contributed by atoms with Gasteiger partial charge in [-0.15, -0.1) is 0 Å². The van der Waals surface area contributed by atoms with E-state index in [0.717, 1.165) is 6.42 Å². The lowest BCUT2D eigenvalue weighted by Crippen LogP contribution is -2.33. The maximum absolute atomic E-state index is 5.65. The van der Waals surface area contributed by atoms with Crippen molar-refractivity contribution in [3.05, 3.63) is 34.9 Å². The zero-order valence-electron chi connectivity index (χ0n) is 10.2. The molecule has 0 saturated carbocycles. The van der Waals surface area contributed by atoms with Crippen molar-refractivity contribution < 1.29 is 0 Å². The number of nitrogens with two attached hydrogens (primary N) is 1. The van der Waals surface area contributed by atoms with E-state index < -0.39 is 0 Å². The second kappa shape index (κ2) is 5.29. The molecule has 0 bridgehead atoms. The van der Waals surface area contributed by atoms with E-state index in [-0.39, 0.29) is 6.04 Å². The fourth-order valence-electron chi connectivity index (χ4n) is 1.91.